The first kappa shape index (κ1) is 16.2. The fourth-order valence-electron chi connectivity index (χ4n) is 5.81. The molecule has 3 aliphatic rings. The number of aromatic nitrogens is 1. The summed E-state index contributed by atoms with van der Waals surface area (Å²) in [5.74, 6) is 0. The van der Waals surface area contributed by atoms with Gasteiger partial charge in [-0.3, -0.25) is 9.80 Å². The molecule has 3 aromatic rings. The van der Waals surface area contributed by atoms with Crippen molar-refractivity contribution in [1.29, 1.82) is 0 Å². The van der Waals surface area contributed by atoms with E-state index >= 15 is 0 Å². The van der Waals surface area contributed by atoms with Crippen molar-refractivity contribution in [2.24, 2.45) is 0 Å². The predicted octanol–water partition coefficient (Wildman–Crippen LogP) is 5.29. The molecule has 2 saturated heterocycles. The van der Waals surface area contributed by atoms with E-state index in [2.05, 4.69) is 51.2 Å². The van der Waals surface area contributed by atoms with Gasteiger partial charge < -0.3 is 4.98 Å². The van der Waals surface area contributed by atoms with Gasteiger partial charge >= 0.3 is 0 Å². The number of H-pyrrole nitrogens is 1. The molecule has 2 aromatic carbocycles. The smallest absolute Gasteiger partial charge is 0.0895 e. The monoisotopic (exact) mass is 377 g/mol. The van der Waals surface area contributed by atoms with Crippen molar-refractivity contribution >= 4 is 22.5 Å². The number of fused-ring (bicyclic) bond motifs is 7. The molecule has 0 bridgehead atoms. The van der Waals surface area contributed by atoms with E-state index in [9.17, 15) is 0 Å². The summed E-state index contributed by atoms with van der Waals surface area (Å²) < 4.78 is 0. The summed E-state index contributed by atoms with van der Waals surface area (Å²) in [6, 6.07) is 18.4. The molecule has 0 spiro atoms. The van der Waals surface area contributed by atoms with Crippen LogP contribution in [0.2, 0.25) is 5.02 Å². The van der Waals surface area contributed by atoms with Gasteiger partial charge in [0.15, 0.2) is 0 Å². The Morgan fingerprint density at radius 1 is 0.926 bits per heavy atom. The normalized spacial score (nSPS) is 28.1. The molecule has 0 saturated carbocycles. The molecule has 2 unspecified atom stereocenters. The lowest BCUT2D eigenvalue weighted by molar-refractivity contribution is 0.0977. The topological polar surface area (TPSA) is 22.3 Å². The van der Waals surface area contributed by atoms with Gasteiger partial charge in [-0.05, 0) is 48.6 Å². The average molecular weight is 378 g/mol. The summed E-state index contributed by atoms with van der Waals surface area (Å²) in [6.07, 6.45) is 5.44. The molecule has 2 fully saturated rings. The van der Waals surface area contributed by atoms with Crippen LogP contribution < -0.4 is 0 Å². The predicted molar refractivity (Wildman–Crippen MR) is 110 cm³/mol. The highest BCUT2D eigenvalue weighted by Gasteiger charge is 2.51. The quantitative estimate of drug-likeness (QED) is 0.622. The van der Waals surface area contributed by atoms with Crippen LogP contribution in [0.1, 0.15) is 48.3 Å². The van der Waals surface area contributed by atoms with Gasteiger partial charge in [-0.2, -0.15) is 0 Å². The summed E-state index contributed by atoms with van der Waals surface area (Å²) in [6.45, 7) is 2.32. The lowest BCUT2D eigenvalue weighted by atomic mass is 9.90. The first-order valence-electron chi connectivity index (χ1n) is 10.2. The number of nitrogens with zero attached hydrogens (tertiary/aromatic N) is 2. The van der Waals surface area contributed by atoms with Crippen LogP contribution in [-0.4, -0.2) is 33.9 Å². The lowest BCUT2D eigenvalue weighted by Gasteiger charge is -2.35. The standard InChI is InChI=1S/C23H24ClN3/c24-16-10-8-15(9-11-16)23-26-13-4-3-7-20(26)22-21-18(12-14-27(22)23)17-5-1-2-6-19(17)25-21/h1-2,5-6,8-11,20,22-23,25H,3-4,7,12-14H2/t20?,22-,23?/m1/s1. The molecular formula is C23H24ClN3. The highest BCUT2D eigenvalue weighted by Crippen LogP contribution is 2.51. The Morgan fingerprint density at radius 3 is 2.67 bits per heavy atom. The zero-order chi connectivity index (χ0) is 18.0. The van der Waals surface area contributed by atoms with Crippen molar-refractivity contribution in [3.05, 3.63) is 70.4 Å². The summed E-state index contributed by atoms with van der Waals surface area (Å²) in [7, 11) is 0. The van der Waals surface area contributed by atoms with E-state index in [1.54, 1.807) is 5.56 Å². The van der Waals surface area contributed by atoms with Gasteiger partial charge in [-0.25, -0.2) is 0 Å². The highest BCUT2D eigenvalue weighted by atomic mass is 35.5. The van der Waals surface area contributed by atoms with Crippen molar-refractivity contribution in [2.45, 2.75) is 43.9 Å². The number of rotatable bonds is 1. The molecule has 0 radical (unpaired) electrons. The van der Waals surface area contributed by atoms with Crippen LogP contribution in [0, 0.1) is 0 Å². The third kappa shape index (κ3) is 2.35. The molecule has 4 heterocycles. The van der Waals surface area contributed by atoms with Gasteiger partial charge in [-0.15, -0.1) is 0 Å². The van der Waals surface area contributed by atoms with E-state index in [1.807, 2.05) is 12.1 Å². The maximum atomic E-state index is 6.17. The maximum absolute atomic E-state index is 6.17. The van der Waals surface area contributed by atoms with Crippen molar-refractivity contribution < 1.29 is 0 Å². The van der Waals surface area contributed by atoms with E-state index in [0.29, 0.717) is 18.2 Å². The summed E-state index contributed by atoms with van der Waals surface area (Å²) in [5.41, 5.74) is 5.69. The van der Waals surface area contributed by atoms with Crippen LogP contribution in [0.25, 0.3) is 10.9 Å². The Balaban J connectivity index is 1.49. The van der Waals surface area contributed by atoms with Crippen LogP contribution in [0.4, 0.5) is 0 Å². The van der Waals surface area contributed by atoms with Gasteiger partial charge in [0.25, 0.3) is 0 Å². The van der Waals surface area contributed by atoms with Crippen LogP contribution in [-0.2, 0) is 6.42 Å². The first-order valence-corrected chi connectivity index (χ1v) is 10.6. The summed E-state index contributed by atoms with van der Waals surface area (Å²) >= 11 is 6.17. The first-order chi connectivity index (χ1) is 13.3. The number of piperidine rings is 1. The van der Waals surface area contributed by atoms with Gasteiger partial charge in [0.1, 0.15) is 0 Å². The molecule has 3 atom stereocenters. The minimum Gasteiger partial charge on any atom is -0.357 e. The molecule has 6 rings (SSSR count). The second-order valence-electron chi connectivity index (χ2n) is 8.22. The Hall–Kier alpha value is -1.81. The Bertz CT molecular complexity index is 993. The molecule has 1 aromatic heterocycles. The number of nitrogens with one attached hydrogen (secondary N) is 1. The number of aromatic amines is 1. The zero-order valence-electron chi connectivity index (χ0n) is 15.4. The van der Waals surface area contributed by atoms with Crippen LogP contribution in [0.3, 0.4) is 0 Å². The van der Waals surface area contributed by atoms with E-state index < -0.39 is 0 Å². The minimum absolute atomic E-state index is 0.372. The molecule has 3 nitrogen and oxygen atoms in total. The highest BCUT2D eigenvalue weighted by molar-refractivity contribution is 6.30. The molecule has 138 valence electrons. The molecule has 3 aliphatic heterocycles. The van der Waals surface area contributed by atoms with E-state index in [-0.39, 0.29) is 0 Å². The molecule has 27 heavy (non-hydrogen) atoms. The second-order valence-corrected chi connectivity index (χ2v) is 8.66. The van der Waals surface area contributed by atoms with Crippen LogP contribution in [0.15, 0.2) is 48.5 Å². The molecule has 0 aliphatic carbocycles. The summed E-state index contributed by atoms with van der Waals surface area (Å²) in [4.78, 5) is 9.32. The van der Waals surface area contributed by atoms with E-state index in [1.165, 1.54) is 48.0 Å². The Labute approximate surface area is 164 Å². The van der Waals surface area contributed by atoms with Crippen LogP contribution in [0.5, 0.6) is 0 Å². The third-order valence-corrected chi connectivity index (χ3v) is 7.12. The number of hydrogen-bond acceptors (Lipinski definition) is 2. The molecular weight excluding hydrogens is 354 g/mol. The van der Waals surface area contributed by atoms with Crippen molar-refractivity contribution in [1.82, 2.24) is 14.8 Å². The van der Waals surface area contributed by atoms with Gasteiger partial charge in [0.2, 0.25) is 0 Å². The molecule has 0 amide bonds. The number of para-hydroxylation sites is 1. The fourth-order valence-corrected chi connectivity index (χ4v) is 5.93. The Morgan fingerprint density at radius 2 is 1.78 bits per heavy atom. The van der Waals surface area contributed by atoms with Crippen molar-refractivity contribution in [2.75, 3.05) is 13.1 Å². The molecule has 1 N–H and O–H groups in total. The maximum Gasteiger partial charge on any atom is 0.0895 e. The average Bonchev–Trinajstić information content (AvgIpc) is 3.24. The van der Waals surface area contributed by atoms with E-state index in [4.69, 9.17) is 11.6 Å². The molecule has 4 heteroatoms. The van der Waals surface area contributed by atoms with Crippen molar-refractivity contribution in [3.8, 4) is 0 Å². The second kappa shape index (κ2) is 6.10. The third-order valence-electron chi connectivity index (χ3n) is 6.87. The zero-order valence-corrected chi connectivity index (χ0v) is 16.1. The van der Waals surface area contributed by atoms with Gasteiger partial charge in [0.05, 0.1) is 12.2 Å². The number of halogens is 1. The largest absolute Gasteiger partial charge is 0.357 e. The number of hydrogen-bond donors (Lipinski definition) is 1. The Kier molecular flexibility index (Phi) is 3.65. The minimum atomic E-state index is 0.372. The number of benzene rings is 2. The van der Waals surface area contributed by atoms with Crippen molar-refractivity contribution in [3.63, 3.8) is 0 Å². The lowest BCUT2D eigenvalue weighted by Crippen LogP contribution is -2.38. The van der Waals surface area contributed by atoms with E-state index in [0.717, 1.165) is 18.0 Å². The fraction of sp³-hybridized carbons (Fsp3) is 0.391. The van der Waals surface area contributed by atoms with Crippen LogP contribution >= 0.6 is 11.6 Å². The SMILES string of the molecule is Clc1ccc(C2N3CCCCC3[C@@H]3c4[nH]c5ccccc5c4CCN23)cc1. The summed E-state index contributed by atoms with van der Waals surface area (Å²) in [5, 5.41) is 2.24. The van der Waals surface area contributed by atoms with Gasteiger partial charge in [-0.1, -0.05) is 48.4 Å². The van der Waals surface area contributed by atoms with Gasteiger partial charge in [0, 0.05) is 40.8 Å².